The van der Waals surface area contributed by atoms with E-state index in [4.69, 9.17) is 5.26 Å². The fraction of sp³-hybridized carbons (Fsp3) is 0.385. The summed E-state index contributed by atoms with van der Waals surface area (Å²) in [7, 11) is 0. The van der Waals surface area contributed by atoms with Crippen LogP contribution >= 0.6 is 15.9 Å². The van der Waals surface area contributed by atoms with Crippen molar-refractivity contribution in [1.82, 2.24) is 5.32 Å². The van der Waals surface area contributed by atoms with Crippen LogP contribution in [0.25, 0.3) is 0 Å². The van der Waals surface area contributed by atoms with E-state index in [-0.39, 0.29) is 5.91 Å². The summed E-state index contributed by atoms with van der Waals surface area (Å²) in [5, 5.41) is 11.2. The average Bonchev–Trinajstić information content (AvgIpc) is 2.32. The number of rotatable bonds is 6. The highest BCUT2D eigenvalue weighted by molar-refractivity contribution is 9.10. The van der Waals surface area contributed by atoms with E-state index in [1.165, 1.54) is 0 Å². The van der Waals surface area contributed by atoms with Crippen LogP contribution in [-0.2, 0) is 11.2 Å². The predicted molar refractivity (Wildman–Crippen MR) is 70.3 cm³/mol. The summed E-state index contributed by atoms with van der Waals surface area (Å²) in [5.74, 6) is 0.0317. The first-order chi connectivity index (χ1) is 8.22. The first-order valence-electron chi connectivity index (χ1n) is 5.60. The Bertz CT molecular complexity index is 395. The number of amides is 1. The minimum absolute atomic E-state index is 0.0317. The molecule has 0 bridgehead atoms. The monoisotopic (exact) mass is 294 g/mol. The summed E-state index contributed by atoms with van der Waals surface area (Å²) in [5.41, 5.74) is 1.00. The molecule has 0 fully saturated rings. The second-order valence-corrected chi connectivity index (χ2v) is 4.68. The molecule has 0 atom stereocenters. The van der Waals surface area contributed by atoms with Gasteiger partial charge in [0.05, 0.1) is 12.5 Å². The molecule has 1 N–H and O–H groups in total. The van der Waals surface area contributed by atoms with E-state index in [0.717, 1.165) is 22.9 Å². The smallest absolute Gasteiger partial charge is 0.224 e. The molecule has 17 heavy (non-hydrogen) atoms. The first-order valence-corrected chi connectivity index (χ1v) is 6.40. The van der Waals surface area contributed by atoms with E-state index >= 15 is 0 Å². The zero-order valence-corrected chi connectivity index (χ0v) is 11.2. The highest BCUT2D eigenvalue weighted by atomic mass is 79.9. The molecule has 0 aliphatic carbocycles. The molecule has 1 amide bonds. The molecular weight excluding hydrogens is 280 g/mol. The Balaban J connectivity index is 2.21. The molecule has 0 saturated heterocycles. The summed E-state index contributed by atoms with van der Waals surface area (Å²) in [6.07, 6.45) is 2.67. The standard InChI is InChI=1S/C13H15BrN2O/c14-12-6-4-11(5-7-12)10-13(17)16-9-3-1-2-8-15/h4-7H,1-3,9-10H2,(H,16,17). The molecule has 90 valence electrons. The summed E-state index contributed by atoms with van der Waals surface area (Å²) in [4.78, 5) is 11.5. The lowest BCUT2D eigenvalue weighted by Crippen LogP contribution is -2.26. The van der Waals surface area contributed by atoms with Crippen LogP contribution < -0.4 is 5.32 Å². The van der Waals surface area contributed by atoms with Gasteiger partial charge in [-0.25, -0.2) is 0 Å². The lowest BCUT2D eigenvalue weighted by atomic mass is 10.1. The number of hydrogen-bond donors (Lipinski definition) is 1. The second kappa shape index (κ2) is 7.86. The predicted octanol–water partition coefficient (Wildman–Crippen LogP) is 2.80. The first kappa shape index (κ1) is 13.7. The van der Waals surface area contributed by atoms with Crippen LogP contribution in [0.5, 0.6) is 0 Å². The van der Waals surface area contributed by atoms with Crippen LogP contribution in [0.15, 0.2) is 28.7 Å². The number of benzene rings is 1. The molecule has 0 aromatic heterocycles. The van der Waals surface area contributed by atoms with Gasteiger partial charge in [0, 0.05) is 17.4 Å². The zero-order chi connectivity index (χ0) is 12.5. The summed E-state index contributed by atoms with van der Waals surface area (Å²) >= 11 is 3.35. The molecule has 0 radical (unpaired) electrons. The van der Waals surface area contributed by atoms with E-state index in [9.17, 15) is 4.79 Å². The molecule has 0 aliphatic heterocycles. The normalized spacial score (nSPS) is 9.65. The third-order valence-corrected chi connectivity index (χ3v) is 2.84. The molecule has 0 saturated carbocycles. The van der Waals surface area contributed by atoms with Crippen LogP contribution in [0.3, 0.4) is 0 Å². The van der Waals surface area contributed by atoms with Crippen molar-refractivity contribution in [3.05, 3.63) is 34.3 Å². The Morgan fingerprint density at radius 1 is 1.29 bits per heavy atom. The van der Waals surface area contributed by atoms with Crippen molar-refractivity contribution in [1.29, 1.82) is 5.26 Å². The van der Waals surface area contributed by atoms with Crippen molar-refractivity contribution < 1.29 is 4.79 Å². The molecule has 1 aromatic carbocycles. The Kier molecular flexibility index (Phi) is 6.34. The van der Waals surface area contributed by atoms with Gasteiger partial charge in [-0.3, -0.25) is 4.79 Å². The topological polar surface area (TPSA) is 52.9 Å². The Morgan fingerprint density at radius 2 is 2.00 bits per heavy atom. The molecule has 0 heterocycles. The Labute approximate surface area is 110 Å². The van der Waals surface area contributed by atoms with E-state index in [0.29, 0.717) is 19.4 Å². The molecule has 3 nitrogen and oxygen atoms in total. The maximum Gasteiger partial charge on any atom is 0.224 e. The number of halogens is 1. The molecular formula is C13H15BrN2O. The van der Waals surface area contributed by atoms with Gasteiger partial charge in [-0.2, -0.15) is 5.26 Å². The summed E-state index contributed by atoms with van der Waals surface area (Å²) < 4.78 is 1.01. The lowest BCUT2D eigenvalue weighted by molar-refractivity contribution is -0.120. The average molecular weight is 295 g/mol. The lowest BCUT2D eigenvalue weighted by Gasteiger charge is -2.04. The van der Waals surface area contributed by atoms with Crippen molar-refractivity contribution in [2.24, 2.45) is 0 Å². The van der Waals surface area contributed by atoms with Crippen LogP contribution in [0.1, 0.15) is 24.8 Å². The van der Waals surface area contributed by atoms with Gasteiger partial charge in [-0.1, -0.05) is 28.1 Å². The largest absolute Gasteiger partial charge is 0.356 e. The van der Waals surface area contributed by atoms with Crippen molar-refractivity contribution >= 4 is 21.8 Å². The Morgan fingerprint density at radius 3 is 2.65 bits per heavy atom. The van der Waals surface area contributed by atoms with E-state index in [2.05, 4.69) is 27.3 Å². The van der Waals surface area contributed by atoms with Gasteiger partial charge in [0.1, 0.15) is 0 Å². The highest BCUT2D eigenvalue weighted by Crippen LogP contribution is 2.10. The summed E-state index contributed by atoms with van der Waals surface area (Å²) in [6, 6.07) is 9.80. The maximum absolute atomic E-state index is 11.5. The number of nitriles is 1. The molecule has 0 spiro atoms. The molecule has 0 aliphatic rings. The maximum atomic E-state index is 11.5. The van der Waals surface area contributed by atoms with Crippen LogP contribution in [0.2, 0.25) is 0 Å². The van der Waals surface area contributed by atoms with Gasteiger partial charge in [0.15, 0.2) is 0 Å². The number of carbonyl (C=O) groups excluding carboxylic acids is 1. The van der Waals surface area contributed by atoms with Crippen LogP contribution in [-0.4, -0.2) is 12.5 Å². The number of hydrogen-bond acceptors (Lipinski definition) is 2. The van der Waals surface area contributed by atoms with Gasteiger partial charge in [-0.15, -0.1) is 0 Å². The van der Waals surface area contributed by atoms with Crippen LogP contribution in [0, 0.1) is 11.3 Å². The molecule has 1 aromatic rings. The van der Waals surface area contributed by atoms with Crippen LogP contribution in [0.4, 0.5) is 0 Å². The van der Waals surface area contributed by atoms with Crippen molar-refractivity contribution in [3.8, 4) is 6.07 Å². The SMILES string of the molecule is N#CCCCCNC(=O)Cc1ccc(Br)cc1. The number of carbonyl (C=O) groups is 1. The van der Waals surface area contributed by atoms with Gasteiger partial charge in [0.25, 0.3) is 0 Å². The van der Waals surface area contributed by atoms with Gasteiger partial charge in [0.2, 0.25) is 5.91 Å². The van der Waals surface area contributed by atoms with Gasteiger partial charge < -0.3 is 5.32 Å². The van der Waals surface area contributed by atoms with Gasteiger partial charge in [-0.05, 0) is 30.5 Å². The molecule has 1 rings (SSSR count). The molecule has 0 unspecified atom stereocenters. The number of nitrogens with zero attached hydrogens (tertiary/aromatic N) is 1. The van der Waals surface area contributed by atoms with E-state index < -0.39 is 0 Å². The fourth-order valence-electron chi connectivity index (χ4n) is 1.41. The van der Waals surface area contributed by atoms with E-state index in [1.54, 1.807) is 0 Å². The third kappa shape index (κ3) is 6.08. The summed E-state index contributed by atoms with van der Waals surface area (Å²) in [6.45, 7) is 0.650. The minimum Gasteiger partial charge on any atom is -0.356 e. The van der Waals surface area contributed by atoms with Crippen molar-refractivity contribution in [3.63, 3.8) is 0 Å². The number of unbranched alkanes of at least 4 members (excludes halogenated alkanes) is 2. The zero-order valence-electron chi connectivity index (χ0n) is 9.58. The van der Waals surface area contributed by atoms with Crippen molar-refractivity contribution in [2.45, 2.75) is 25.7 Å². The molecule has 4 heteroatoms. The van der Waals surface area contributed by atoms with Gasteiger partial charge >= 0.3 is 0 Å². The Hall–Kier alpha value is -1.34. The fourth-order valence-corrected chi connectivity index (χ4v) is 1.67. The van der Waals surface area contributed by atoms with E-state index in [1.807, 2.05) is 24.3 Å². The van der Waals surface area contributed by atoms with Crippen molar-refractivity contribution in [2.75, 3.05) is 6.54 Å². The second-order valence-electron chi connectivity index (χ2n) is 3.77. The quantitative estimate of drug-likeness (QED) is 0.820. The highest BCUT2D eigenvalue weighted by Gasteiger charge is 2.02. The number of nitrogens with one attached hydrogen (secondary N) is 1. The minimum atomic E-state index is 0.0317. The third-order valence-electron chi connectivity index (χ3n) is 2.32.